The Kier molecular flexibility index (Phi) is 3.73. The van der Waals surface area contributed by atoms with Crippen molar-refractivity contribution in [2.45, 2.75) is 12.8 Å². The molecule has 4 nitrogen and oxygen atoms in total. The van der Waals surface area contributed by atoms with Gasteiger partial charge in [0, 0.05) is 5.39 Å². The van der Waals surface area contributed by atoms with E-state index >= 15 is 0 Å². The number of fused-ring (bicyclic) bond motifs is 2. The third-order valence-electron chi connectivity index (χ3n) is 4.64. The average Bonchev–Trinajstić information content (AvgIpc) is 3.02. The number of rotatable bonds is 3. The smallest absolute Gasteiger partial charge is 0.249 e. The number of carbonyl (C=O) groups excluding carboxylic acids is 1. The molecule has 1 amide bonds. The number of nitrogens with zero attached hydrogens (tertiary/aromatic N) is 1. The summed E-state index contributed by atoms with van der Waals surface area (Å²) in [5, 5.41) is 0.833. The number of nitrogens with two attached hydrogens (primary N) is 1. The maximum atomic E-state index is 12.1. The van der Waals surface area contributed by atoms with Crippen molar-refractivity contribution in [2.24, 2.45) is 5.73 Å². The van der Waals surface area contributed by atoms with Gasteiger partial charge in [-0.1, -0.05) is 30.3 Å². The van der Waals surface area contributed by atoms with E-state index in [2.05, 4.69) is 6.08 Å². The minimum atomic E-state index is -0.388. The van der Waals surface area contributed by atoms with Gasteiger partial charge >= 0.3 is 0 Å². The second kappa shape index (κ2) is 6.06. The zero-order valence-corrected chi connectivity index (χ0v) is 14.0. The molecule has 0 unspecified atom stereocenters. The van der Waals surface area contributed by atoms with Gasteiger partial charge in [0.25, 0.3) is 0 Å². The van der Waals surface area contributed by atoms with Crippen LogP contribution in [0, 0.1) is 0 Å². The monoisotopic (exact) mass is 330 g/mol. The van der Waals surface area contributed by atoms with Crippen LogP contribution in [0.3, 0.4) is 0 Å². The fourth-order valence-corrected chi connectivity index (χ4v) is 3.46. The van der Waals surface area contributed by atoms with Crippen molar-refractivity contribution in [1.82, 2.24) is 4.98 Å². The number of pyridine rings is 1. The van der Waals surface area contributed by atoms with Crippen LogP contribution in [0.2, 0.25) is 0 Å². The van der Waals surface area contributed by atoms with Gasteiger partial charge in [-0.2, -0.15) is 0 Å². The largest absolute Gasteiger partial charge is 0.497 e. The van der Waals surface area contributed by atoms with Crippen LogP contribution < -0.4 is 10.5 Å². The summed E-state index contributed by atoms with van der Waals surface area (Å²) < 4.78 is 5.20. The number of allylic oxidation sites excluding steroid dienone is 1. The molecule has 0 fully saturated rings. The maximum Gasteiger partial charge on any atom is 0.249 e. The number of amides is 1. The molecular weight excluding hydrogens is 312 g/mol. The number of aromatic nitrogens is 1. The van der Waals surface area contributed by atoms with Crippen molar-refractivity contribution in [3.05, 3.63) is 70.9 Å². The summed E-state index contributed by atoms with van der Waals surface area (Å²) in [7, 11) is 1.65. The van der Waals surface area contributed by atoms with Gasteiger partial charge in [-0.3, -0.25) is 4.79 Å². The topological polar surface area (TPSA) is 65.2 Å². The van der Waals surface area contributed by atoms with Crippen molar-refractivity contribution in [3.8, 4) is 5.75 Å². The molecule has 0 saturated carbocycles. The molecule has 1 aliphatic rings. The van der Waals surface area contributed by atoms with Crippen molar-refractivity contribution in [3.63, 3.8) is 0 Å². The summed E-state index contributed by atoms with van der Waals surface area (Å²) in [5.41, 5.74) is 11.2. The van der Waals surface area contributed by atoms with E-state index in [1.807, 2.05) is 48.5 Å². The summed E-state index contributed by atoms with van der Waals surface area (Å²) in [6, 6.07) is 15.6. The molecule has 1 aliphatic carbocycles. The second-order valence-electron chi connectivity index (χ2n) is 6.14. The van der Waals surface area contributed by atoms with Crippen LogP contribution in [-0.4, -0.2) is 18.0 Å². The van der Waals surface area contributed by atoms with Crippen molar-refractivity contribution in [1.29, 1.82) is 0 Å². The molecular formula is C21H18N2O2. The van der Waals surface area contributed by atoms with Gasteiger partial charge in [0.15, 0.2) is 0 Å². The number of hydrogen-bond acceptors (Lipinski definition) is 3. The molecule has 2 aromatic carbocycles. The number of carbonyl (C=O) groups is 1. The number of para-hydroxylation sites is 1. The number of primary amides is 1. The lowest BCUT2D eigenvalue weighted by Crippen LogP contribution is -2.15. The first-order valence-electron chi connectivity index (χ1n) is 8.24. The van der Waals surface area contributed by atoms with Gasteiger partial charge in [0.1, 0.15) is 5.75 Å². The minimum absolute atomic E-state index is 0.388. The molecule has 0 saturated heterocycles. The highest BCUT2D eigenvalue weighted by Crippen LogP contribution is 2.37. The van der Waals surface area contributed by atoms with E-state index < -0.39 is 0 Å². The first-order chi connectivity index (χ1) is 12.2. The van der Waals surface area contributed by atoms with Crippen LogP contribution in [0.5, 0.6) is 5.75 Å². The molecule has 4 heteroatoms. The fraction of sp³-hybridized carbons (Fsp3) is 0.143. The van der Waals surface area contributed by atoms with Crippen LogP contribution in [-0.2, 0) is 6.42 Å². The van der Waals surface area contributed by atoms with Gasteiger partial charge in [-0.05, 0) is 53.8 Å². The van der Waals surface area contributed by atoms with Crippen LogP contribution >= 0.6 is 0 Å². The van der Waals surface area contributed by atoms with E-state index in [1.165, 1.54) is 0 Å². The molecule has 3 aromatic rings. The minimum Gasteiger partial charge on any atom is -0.497 e. The molecule has 1 aromatic heterocycles. The molecule has 124 valence electrons. The predicted octanol–water partition coefficient (Wildman–Crippen LogP) is 3.83. The zero-order valence-electron chi connectivity index (χ0n) is 14.0. The number of ether oxygens (including phenoxy) is 1. The molecule has 4 rings (SSSR count). The summed E-state index contributed by atoms with van der Waals surface area (Å²) in [4.78, 5) is 16.9. The Hall–Kier alpha value is -3.14. The van der Waals surface area contributed by atoms with Crippen LogP contribution in [0.1, 0.15) is 33.6 Å². The highest BCUT2D eigenvalue weighted by molar-refractivity contribution is 6.08. The quantitative estimate of drug-likeness (QED) is 0.794. The van der Waals surface area contributed by atoms with Gasteiger partial charge in [0.2, 0.25) is 5.91 Å². The first kappa shape index (κ1) is 15.4. The van der Waals surface area contributed by atoms with Crippen molar-refractivity contribution in [2.75, 3.05) is 7.11 Å². The normalized spacial score (nSPS) is 14.7. The third-order valence-corrected chi connectivity index (χ3v) is 4.64. The lowest BCUT2D eigenvalue weighted by Gasteiger charge is -2.09. The van der Waals surface area contributed by atoms with Crippen molar-refractivity contribution < 1.29 is 9.53 Å². The molecule has 0 atom stereocenters. The van der Waals surface area contributed by atoms with E-state index in [0.29, 0.717) is 5.56 Å². The molecule has 0 radical (unpaired) electrons. The fourth-order valence-electron chi connectivity index (χ4n) is 3.46. The van der Waals surface area contributed by atoms with E-state index in [4.69, 9.17) is 15.5 Å². The standard InChI is InChI=1S/C21H18N2O2/c1-25-15-9-6-13(7-10-15)12-14-8-11-17-19(21(22)24)16-4-2-3-5-18(16)23-20(14)17/h2-7,9-10,12H,8,11H2,1H3,(H2,22,24)/b14-12+. The van der Waals surface area contributed by atoms with Gasteiger partial charge in [-0.15, -0.1) is 0 Å². The summed E-state index contributed by atoms with van der Waals surface area (Å²) in [6.07, 6.45) is 3.76. The second-order valence-corrected chi connectivity index (χ2v) is 6.14. The summed E-state index contributed by atoms with van der Waals surface area (Å²) >= 11 is 0. The number of hydrogen-bond donors (Lipinski definition) is 1. The van der Waals surface area contributed by atoms with Gasteiger partial charge in [-0.25, -0.2) is 4.98 Å². The van der Waals surface area contributed by atoms with Crippen LogP contribution in [0.4, 0.5) is 0 Å². The SMILES string of the molecule is COc1ccc(/C=C2\CCc3c2nc2ccccc2c3C(N)=O)cc1. The lowest BCUT2D eigenvalue weighted by molar-refractivity contribution is 0.100. The lowest BCUT2D eigenvalue weighted by atomic mass is 10.0. The van der Waals surface area contributed by atoms with E-state index in [0.717, 1.165) is 51.9 Å². The Morgan fingerprint density at radius 1 is 1.12 bits per heavy atom. The summed E-state index contributed by atoms with van der Waals surface area (Å²) in [6.45, 7) is 0. The molecule has 0 aliphatic heterocycles. The Labute approximate surface area is 145 Å². The highest BCUT2D eigenvalue weighted by Gasteiger charge is 2.25. The summed E-state index contributed by atoms with van der Waals surface area (Å²) in [5.74, 6) is 0.439. The van der Waals surface area contributed by atoms with E-state index in [9.17, 15) is 4.79 Å². The van der Waals surface area contributed by atoms with Crippen molar-refractivity contribution >= 4 is 28.5 Å². The Bertz CT molecular complexity index is 1000. The third kappa shape index (κ3) is 2.66. The van der Waals surface area contributed by atoms with Gasteiger partial charge in [0.05, 0.1) is 23.9 Å². The van der Waals surface area contributed by atoms with E-state index in [-0.39, 0.29) is 5.91 Å². The Morgan fingerprint density at radius 2 is 1.88 bits per heavy atom. The Balaban J connectivity index is 1.87. The molecule has 2 N–H and O–H groups in total. The zero-order chi connectivity index (χ0) is 17.4. The number of methoxy groups -OCH3 is 1. The molecule has 0 bridgehead atoms. The van der Waals surface area contributed by atoms with Gasteiger partial charge < -0.3 is 10.5 Å². The molecule has 1 heterocycles. The van der Waals surface area contributed by atoms with Crippen LogP contribution in [0.15, 0.2) is 48.5 Å². The maximum absolute atomic E-state index is 12.1. The predicted molar refractivity (Wildman–Crippen MR) is 99.4 cm³/mol. The highest BCUT2D eigenvalue weighted by atomic mass is 16.5. The number of benzene rings is 2. The van der Waals surface area contributed by atoms with Crippen LogP contribution in [0.25, 0.3) is 22.6 Å². The first-order valence-corrected chi connectivity index (χ1v) is 8.24. The Morgan fingerprint density at radius 3 is 2.60 bits per heavy atom. The molecule has 0 spiro atoms. The van der Waals surface area contributed by atoms with E-state index in [1.54, 1.807) is 7.11 Å². The molecule has 25 heavy (non-hydrogen) atoms. The average molecular weight is 330 g/mol.